The van der Waals surface area contributed by atoms with E-state index in [9.17, 15) is 13.9 Å². The van der Waals surface area contributed by atoms with Crippen LogP contribution in [0, 0.1) is 10.1 Å². The number of phenolic OH excluding ortho intramolecular Hbond substituents is 1. The Bertz CT molecular complexity index is 435. The molecule has 1 aromatic rings. The van der Waals surface area contributed by atoms with Crippen molar-refractivity contribution in [3.05, 3.63) is 28.3 Å². The fourth-order valence-electron chi connectivity index (χ4n) is 0.839. The third-order valence-electron chi connectivity index (χ3n) is 1.49. The quantitative estimate of drug-likeness (QED) is 0.289. The summed E-state index contributed by atoms with van der Waals surface area (Å²) in [6, 6.07) is 2.52. The summed E-state index contributed by atoms with van der Waals surface area (Å²) in [5.41, 5.74) is -0.716. The molecule has 0 bridgehead atoms. The predicted octanol–water partition coefficient (Wildman–Crippen LogP) is -4.02. The van der Waals surface area contributed by atoms with Crippen molar-refractivity contribution in [2.75, 3.05) is 0 Å². The summed E-state index contributed by atoms with van der Waals surface area (Å²) in [5.74, 6) is -0.622. The Morgan fingerprint density at radius 3 is 2.33 bits per heavy atom. The third-order valence-corrected chi connectivity index (χ3v) is 3.49. The van der Waals surface area contributed by atoms with Crippen LogP contribution in [0.5, 0.6) is 5.75 Å². The van der Waals surface area contributed by atoms with Crippen LogP contribution < -0.4 is 33.9 Å². The number of nitrogens with zero attached hydrogens (tertiary/aromatic N) is 1. The van der Waals surface area contributed by atoms with Gasteiger partial charge in [0.1, 0.15) is 0 Å². The largest absolute Gasteiger partial charge is 1.00 e. The molecule has 0 radical (unpaired) electrons. The smallest absolute Gasteiger partial charge is 1.00 e. The molecule has 0 aliphatic heterocycles. The van der Waals surface area contributed by atoms with Crippen molar-refractivity contribution in [3.63, 3.8) is 0 Å². The van der Waals surface area contributed by atoms with Crippen LogP contribution in [0.2, 0.25) is 0 Å². The second-order valence-electron chi connectivity index (χ2n) is 2.47. The minimum absolute atomic E-state index is 0. The third kappa shape index (κ3) is 3.64. The van der Waals surface area contributed by atoms with Gasteiger partial charge in [-0.05, 0) is 0 Å². The number of nitro benzene ring substituents is 1. The molecule has 0 aromatic heterocycles. The van der Waals surface area contributed by atoms with Gasteiger partial charge in [0.2, 0.25) is 0 Å². The molecule has 7 nitrogen and oxygen atoms in total. The number of rotatable bonds is 2. The minimum atomic E-state index is -5.13. The van der Waals surface area contributed by atoms with E-state index >= 15 is 0 Å². The standard InChI is InChI=1S/C6H6AsNO6.Na.H/c9-6-2-1-4(7(10,11)12)3-5(6)8(13)14;;/h1-3,9H,(H2,10,11,12);;/q;+1;-1. The molecule has 0 heterocycles. The Labute approximate surface area is 111 Å². The molecule has 0 fully saturated rings. The van der Waals surface area contributed by atoms with Crippen molar-refractivity contribution in [2.24, 2.45) is 0 Å². The number of nitro groups is 1. The van der Waals surface area contributed by atoms with Gasteiger partial charge in [-0.25, -0.2) is 0 Å². The molecule has 0 saturated heterocycles. The van der Waals surface area contributed by atoms with Gasteiger partial charge >= 0.3 is 110 Å². The van der Waals surface area contributed by atoms with Crippen LogP contribution in [0.15, 0.2) is 18.2 Å². The zero-order valence-corrected chi connectivity index (χ0v) is 11.6. The number of aromatic hydroxyl groups is 1. The average molecular weight is 287 g/mol. The first-order valence-electron chi connectivity index (χ1n) is 3.36. The van der Waals surface area contributed by atoms with Gasteiger partial charge in [0.05, 0.1) is 0 Å². The predicted molar refractivity (Wildman–Crippen MR) is 46.4 cm³/mol. The van der Waals surface area contributed by atoms with Crippen LogP contribution in [0.4, 0.5) is 5.69 Å². The molecule has 3 N–H and O–H groups in total. The van der Waals surface area contributed by atoms with Crippen LogP contribution in [-0.4, -0.2) is 32.4 Å². The first-order valence-corrected chi connectivity index (χ1v) is 6.74. The monoisotopic (exact) mass is 287 g/mol. The maximum Gasteiger partial charge on any atom is 1.00 e. The molecule has 0 aliphatic rings. The van der Waals surface area contributed by atoms with Crippen LogP contribution in [-0.2, 0) is 3.74 Å². The van der Waals surface area contributed by atoms with Gasteiger partial charge in [-0.2, -0.15) is 0 Å². The summed E-state index contributed by atoms with van der Waals surface area (Å²) < 4.78 is 27.8. The normalized spacial score (nSPS) is 10.5. The van der Waals surface area contributed by atoms with E-state index in [-0.39, 0.29) is 31.0 Å². The van der Waals surface area contributed by atoms with Crippen molar-refractivity contribution >= 4 is 24.2 Å². The number of hydrogen-bond donors (Lipinski definition) is 3. The molecule has 0 saturated carbocycles. The zero-order chi connectivity index (χ0) is 10.9. The summed E-state index contributed by atoms with van der Waals surface area (Å²) in [4.78, 5) is 9.39. The van der Waals surface area contributed by atoms with E-state index in [1.165, 1.54) is 0 Å². The molecule has 78 valence electrons. The van der Waals surface area contributed by atoms with E-state index < -0.39 is 34.9 Å². The number of hydrogen-bond acceptors (Lipinski definition) is 4. The summed E-state index contributed by atoms with van der Waals surface area (Å²) in [7, 11) is 0. The molecule has 0 unspecified atom stereocenters. The number of phenols is 1. The van der Waals surface area contributed by atoms with Gasteiger partial charge < -0.3 is 1.43 Å². The molecular weight excluding hydrogens is 280 g/mol. The van der Waals surface area contributed by atoms with Gasteiger partial charge in [0, 0.05) is 0 Å². The average Bonchev–Trinajstić information content (AvgIpc) is 2.02. The van der Waals surface area contributed by atoms with E-state index in [0.717, 1.165) is 12.1 Å². The van der Waals surface area contributed by atoms with Gasteiger partial charge in [-0.1, -0.05) is 0 Å². The summed E-state index contributed by atoms with van der Waals surface area (Å²) in [6.07, 6.45) is 0. The Morgan fingerprint density at radius 1 is 1.40 bits per heavy atom. The van der Waals surface area contributed by atoms with E-state index in [4.69, 9.17) is 13.3 Å². The molecule has 9 heteroatoms. The topological polar surface area (TPSA) is 121 Å². The van der Waals surface area contributed by atoms with Crippen LogP contribution in [0.25, 0.3) is 0 Å². The van der Waals surface area contributed by atoms with Crippen LogP contribution >= 0.6 is 0 Å². The van der Waals surface area contributed by atoms with Gasteiger partial charge in [0.25, 0.3) is 0 Å². The van der Waals surface area contributed by atoms with E-state index in [1.807, 2.05) is 0 Å². The second kappa shape index (κ2) is 5.16. The van der Waals surface area contributed by atoms with Crippen LogP contribution in [0.3, 0.4) is 0 Å². The van der Waals surface area contributed by atoms with Crippen LogP contribution in [0.1, 0.15) is 1.43 Å². The van der Waals surface area contributed by atoms with Gasteiger partial charge in [-0.3, -0.25) is 0 Å². The van der Waals surface area contributed by atoms with Crippen molar-refractivity contribution in [1.29, 1.82) is 0 Å². The van der Waals surface area contributed by atoms with E-state index in [1.54, 1.807) is 0 Å². The summed E-state index contributed by atoms with van der Waals surface area (Å²) >= 11 is -5.13. The molecule has 0 spiro atoms. The Hall–Kier alpha value is -0.302. The molecule has 1 rings (SSSR count). The zero-order valence-electron chi connectivity index (χ0n) is 8.69. The fraction of sp³-hybridized carbons (Fsp3) is 0. The first-order chi connectivity index (χ1) is 6.32. The molecule has 0 amide bonds. The minimum Gasteiger partial charge on any atom is -1.00 e. The molecule has 0 atom stereocenters. The maximum absolute atomic E-state index is 10.8. The molecular formula is C6H7AsNNaO6. The SMILES string of the molecule is O=[N+]([O-])c1cc([As](=O)(O)O)ccc1O.[H-].[Na+]. The van der Waals surface area contributed by atoms with Crippen molar-refractivity contribution in [3.8, 4) is 5.75 Å². The summed E-state index contributed by atoms with van der Waals surface area (Å²) in [6.45, 7) is 0. The Balaban J connectivity index is 0. The van der Waals surface area contributed by atoms with Crippen molar-refractivity contribution in [2.45, 2.75) is 0 Å². The molecule has 0 aliphatic carbocycles. The van der Waals surface area contributed by atoms with E-state index in [0.29, 0.717) is 6.07 Å². The van der Waals surface area contributed by atoms with Gasteiger partial charge in [0.15, 0.2) is 0 Å². The van der Waals surface area contributed by atoms with E-state index in [2.05, 4.69) is 0 Å². The summed E-state index contributed by atoms with van der Waals surface area (Å²) in [5, 5.41) is 19.3. The molecule has 1 aromatic carbocycles. The second-order valence-corrected chi connectivity index (χ2v) is 5.84. The maximum atomic E-state index is 10.8. The van der Waals surface area contributed by atoms with Gasteiger partial charge in [-0.15, -0.1) is 0 Å². The number of benzene rings is 1. The van der Waals surface area contributed by atoms with Crippen molar-refractivity contribution in [1.82, 2.24) is 0 Å². The Morgan fingerprint density at radius 2 is 1.93 bits per heavy atom. The first kappa shape index (κ1) is 14.7. The van der Waals surface area contributed by atoms with Crippen molar-refractivity contribution < 1.29 is 52.9 Å². The Kier molecular flexibility index (Phi) is 5.05. The molecule has 15 heavy (non-hydrogen) atoms. The fourth-order valence-corrected chi connectivity index (χ4v) is 2.01.